The number of fused-ring (bicyclic) bond motifs is 1. The van der Waals surface area contributed by atoms with E-state index in [1.165, 1.54) is 23.6 Å². The number of aromatic nitrogens is 1. The van der Waals surface area contributed by atoms with Gasteiger partial charge in [-0.15, -0.1) is 11.3 Å². The second kappa shape index (κ2) is 9.47. The number of hydrogen-bond acceptors (Lipinski definition) is 7. The number of nitrogens with zero attached hydrogens (tertiary/aromatic N) is 4. The second-order valence-electron chi connectivity index (χ2n) is 7.82. The molecule has 0 spiro atoms. The SMILES string of the molecule is Cc1cccc(N=c2scc(-c3cccc(Br)c3)n2N=Cc2cc3c(cc2[N+](=O)[O-])OCO3)c1C. The molecule has 0 bridgehead atoms. The fraction of sp³-hybridized carbons (Fsp3) is 0.120. The van der Waals surface area contributed by atoms with Gasteiger partial charge in [0, 0.05) is 15.4 Å². The van der Waals surface area contributed by atoms with Gasteiger partial charge >= 0.3 is 0 Å². The van der Waals surface area contributed by atoms with Crippen LogP contribution >= 0.6 is 27.3 Å². The molecule has 10 heteroatoms. The molecule has 1 aromatic heterocycles. The molecule has 1 aliphatic heterocycles. The third-order valence-corrected chi connectivity index (χ3v) is 6.94. The van der Waals surface area contributed by atoms with Crippen LogP contribution in [0.2, 0.25) is 0 Å². The second-order valence-corrected chi connectivity index (χ2v) is 9.57. The van der Waals surface area contributed by atoms with Gasteiger partial charge in [0.2, 0.25) is 11.6 Å². The Hall–Kier alpha value is -3.76. The molecule has 0 N–H and O–H groups in total. The number of nitro groups is 1. The summed E-state index contributed by atoms with van der Waals surface area (Å²) in [5, 5.41) is 18.3. The zero-order valence-electron chi connectivity index (χ0n) is 18.8. The first-order chi connectivity index (χ1) is 16.9. The van der Waals surface area contributed by atoms with E-state index >= 15 is 0 Å². The molecular formula is C25H19BrN4O4S. The largest absolute Gasteiger partial charge is 0.454 e. The van der Waals surface area contributed by atoms with Gasteiger partial charge in [0.25, 0.3) is 5.69 Å². The maximum atomic E-state index is 11.7. The minimum atomic E-state index is -0.460. The minimum absolute atomic E-state index is 0.0261. The molecule has 0 fully saturated rings. The molecule has 0 amide bonds. The maximum Gasteiger partial charge on any atom is 0.282 e. The summed E-state index contributed by atoms with van der Waals surface area (Å²) in [6, 6.07) is 16.7. The fourth-order valence-electron chi connectivity index (χ4n) is 3.62. The summed E-state index contributed by atoms with van der Waals surface area (Å²) >= 11 is 4.96. The summed E-state index contributed by atoms with van der Waals surface area (Å²) in [5.41, 5.74) is 4.97. The average Bonchev–Trinajstić information content (AvgIpc) is 3.46. The summed E-state index contributed by atoms with van der Waals surface area (Å²) in [6.45, 7) is 4.10. The Balaban J connectivity index is 1.68. The number of nitro benzene ring substituents is 1. The smallest absolute Gasteiger partial charge is 0.282 e. The van der Waals surface area contributed by atoms with Gasteiger partial charge in [-0.3, -0.25) is 10.1 Å². The molecule has 4 aromatic rings. The lowest BCUT2D eigenvalue weighted by atomic mass is 10.1. The molecule has 8 nitrogen and oxygen atoms in total. The van der Waals surface area contributed by atoms with E-state index in [-0.39, 0.29) is 12.5 Å². The van der Waals surface area contributed by atoms with Crippen molar-refractivity contribution in [1.29, 1.82) is 0 Å². The van der Waals surface area contributed by atoms with E-state index in [2.05, 4.69) is 21.0 Å². The number of aryl methyl sites for hydroxylation is 1. The van der Waals surface area contributed by atoms with Crippen molar-refractivity contribution < 1.29 is 14.4 Å². The molecule has 0 radical (unpaired) electrons. The molecule has 176 valence electrons. The van der Waals surface area contributed by atoms with Gasteiger partial charge < -0.3 is 9.47 Å². The van der Waals surface area contributed by atoms with Crippen LogP contribution in [-0.2, 0) is 0 Å². The fourth-order valence-corrected chi connectivity index (χ4v) is 4.87. The van der Waals surface area contributed by atoms with Crippen LogP contribution in [0.15, 0.2) is 74.5 Å². The highest BCUT2D eigenvalue weighted by atomic mass is 79.9. The number of halogens is 1. The Labute approximate surface area is 213 Å². The lowest BCUT2D eigenvalue weighted by Crippen LogP contribution is -2.12. The highest BCUT2D eigenvalue weighted by Gasteiger charge is 2.22. The molecule has 0 atom stereocenters. The number of benzene rings is 3. The Kier molecular flexibility index (Phi) is 6.23. The zero-order valence-corrected chi connectivity index (χ0v) is 21.2. The molecule has 2 heterocycles. The minimum Gasteiger partial charge on any atom is -0.454 e. The summed E-state index contributed by atoms with van der Waals surface area (Å²) in [5.74, 6) is 0.789. The molecule has 35 heavy (non-hydrogen) atoms. The highest BCUT2D eigenvalue weighted by Crippen LogP contribution is 2.37. The zero-order chi connectivity index (χ0) is 24.5. The van der Waals surface area contributed by atoms with Gasteiger partial charge in [-0.25, -0.2) is 9.67 Å². The van der Waals surface area contributed by atoms with Crippen molar-refractivity contribution >= 4 is 44.9 Å². The molecule has 1 aliphatic rings. The third-order valence-electron chi connectivity index (χ3n) is 5.63. The normalized spacial score (nSPS) is 13.1. The van der Waals surface area contributed by atoms with Crippen molar-refractivity contribution in [3.63, 3.8) is 0 Å². The molecule has 0 saturated carbocycles. The van der Waals surface area contributed by atoms with Gasteiger partial charge in [-0.2, -0.15) is 5.10 Å². The van der Waals surface area contributed by atoms with E-state index < -0.39 is 4.92 Å². The van der Waals surface area contributed by atoms with E-state index in [1.54, 1.807) is 10.7 Å². The quantitative estimate of drug-likeness (QED) is 0.164. The van der Waals surface area contributed by atoms with Crippen LogP contribution in [0.25, 0.3) is 11.3 Å². The van der Waals surface area contributed by atoms with E-state index in [0.717, 1.165) is 32.5 Å². The van der Waals surface area contributed by atoms with Gasteiger partial charge in [0.15, 0.2) is 11.5 Å². The van der Waals surface area contributed by atoms with E-state index in [9.17, 15) is 10.1 Å². The van der Waals surface area contributed by atoms with E-state index in [0.29, 0.717) is 21.9 Å². The van der Waals surface area contributed by atoms with Crippen LogP contribution in [-0.4, -0.2) is 22.6 Å². The Bertz CT molecular complexity index is 1560. The average molecular weight is 551 g/mol. The lowest BCUT2D eigenvalue weighted by Gasteiger charge is -2.06. The molecular weight excluding hydrogens is 532 g/mol. The number of rotatable bonds is 5. The standard InChI is InChI=1S/C25H19BrN4O4S/c1-15-5-3-8-20(16(15)2)28-25-29(22(13-35-25)17-6-4-7-19(26)9-17)27-12-18-10-23-24(34-14-33-23)11-21(18)30(31)32/h3-13H,14H2,1-2H3. The summed E-state index contributed by atoms with van der Waals surface area (Å²) in [6.07, 6.45) is 1.45. The molecule has 0 aliphatic carbocycles. The molecule has 0 unspecified atom stereocenters. The van der Waals surface area contributed by atoms with Crippen LogP contribution in [0.3, 0.4) is 0 Å². The number of thiazole rings is 1. The Morgan fingerprint density at radius 3 is 2.66 bits per heavy atom. The van der Waals surface area contributed by atoms with Crippen molar-refractivity contribution in [2.24, 2.45) is 10.1 Å². The molecule has 0 saturated heterocycles. The predicted molar refractivity (Wildman–Crippen MR) is 139 cm³/mol. The summed E-state index contributed by atoms with van der Waals surface area (Å²) in [4.78, 5) is 16.8. The van der Waals surface area contributed by atoms with Gasteiger partial charge in [0.1, 0.15) is 0 Å². The first-order valence-corrected chi connectivity index (χ1v) is 12.3. The molecule has 5 rings (SSSR count). The van der Waals surface area contributed by atoms with Crippen molar-refractivity contribution in [3.05, 3.63) is 96.1 Å². The Morgan fingerprint density at radius 1 is 1.11 bits per heavy atom. The predicted octanol–water partition coefficient (Wildman–Crippen LogP) is 6.35. The number of hydrogen-bond donors (Lipinski definition) is 0. The van der Waals surface area contributed by atoms with Gasteiger partial charge in [-0.1, -0.05) is 40.2 Å². The van der Waals surface area contributed by atoms with Crippen LogP contribution in [0.5, 0.6) is 11.5 Å². The van der Waals surface area contributed by atoms with Crippen molar-refractivity contribution in [3.8, 4) is 22.8 Å². The first-order valence-electron chi connectivity index (χ1n) is 10.6. The van der Waals surface area contributed by atoms with E-state index in [4.69, 9.17) is 14.5 Å². The summed E-state index contributed by atoms with van der Waals surface area (Å²) < 4.78 is 13.3. The van der Waals surface area contributed by atoms with Crippen LogP contribution in [0.1, 0.15) is 16.7 Å². The van der Waals surface area contributed by atoms with Crippen LogP contribution in [0, 0.1) is 24.0 Å². The molecule has 3 aromatic carbocycles. The van der Waals surface area contributed by atoms with Crippen LogP contribution in [0.4, 0.5) is 11.4 Å². The summed E-state index contributed by atoms with van der Waals surface area (Å²) in [7, 11) is 0. The third kappa shape index (κ3) is 4.62. The number of ether oxygens (including phenoxy) is 2. The first kappa shape index (κ1) is 23.0. The van der Waals surface area contributed by atoms with Crippen LogP contribution < -0.4 is 14.3 Å². The van der Waals surface area contributed by atoms with Crippen molar-refractivity contribution in [2.45, 2.75) is 13.8 Å². The van der Waals surface area contributed by atoms with Gasteiger partial charge in [0.05, 0.1) is 34.1 Å². The Morgan fingerprint density at radius 2 is 1.89 bits per heavy atom. The van der Waals surface area contributed by atoms with Crippen molar-refractivity contribution in [1.82, 2.24) is 4.68 Å². The lowest BCUT2D eigenvalue weighted by molar-refractivity contribution is -0.385. The van der Waals surface area contributed by atoms with Crippen molar-refractivity contribution in [2.75, 3.05) is 6.79 Å². The maximum absolute atomic E-state index is 11.7. The highest BCUT2D eigenvalue weighted by molar-refractivity contribution is 9.10. The van der Waals surface area contributed by atoms with E-state index in [1.807, 2.05) is 61.7 Å². The van der Waals surface area contributed by atoms with Gasteiger partial charge in [-0.05, 0) is 49.2 Å². The topological polar surface area (TPSA) is 91.2 Å². The monoisotopic (exact) mass is 550 g/mol.